The summed E-state index contributed by atoms with van der Waals surface area (Å²) in [6, 6.07) is 8.98. The Balaban J connectivity index is 1.89. The van der Waals surface area contributed by atoms with Crippen molar-refractivity contribution < 1.29 is 13.2 Å². The van der Waals surface area contributed by atoms with Crippen molar-refractivity contribution in [3.63, 3.8) is 0 Å². The van der Waals surface area contributed by atoms with E-state index in [4.69, 9.17) is 0 Å². The largest absolute Gasteiger partial charge is 0.337 e. The molecular weight excluding hydrogens is 290 g/mol. The van der Waals surface area contributed by atoms with Gasteiger partial charge in [-0.25, -0.2) is 13.1 Å². The van der Waals surface area contributed by atoms with Crippen LogP contribution < -0.4 is 0 Å². The van der Waals surface area contributed by atoms with Crippen LogP contribution in [0, 0.1) is 0 Å². The minimum absolute atomic E-state index is 0.0304. The molecule has 0 unspecified atom stereocenters. The molecule has 0 bridgehead atoms. The number of amides is 1. The normalized spacial score (nSPS) is 17.6. The van der Waals surface area contributed by atoms with Crippen molar-refractivity contribution in [1.82, 2.24) is 14.7 Å². The molecule has 2 aromatic rings. The lowest BCUT2D eigenvalue weighted by atomic mass is 10.1. The summed E-state index contributed by atoms with van der Waals surface area (Å²) in [7, 11) is -3.00. The Morgan fingerprint density at radius 1 is 1.10 bits per heavy atom. The van der Waals surface area contributed by atoms with Gasteiger partial charge in [-0.3, -0.25) is 4.79 Å². The fraction of sp³-hybridized carbons (Fsp3) is 0.286. The number of aromatic nitrogens is 2. The molecule has 3 rings (SSSR count). The second-order valence-corrected chi connectivity index (χ2v) is 7.22. The van der Waals surface area contributed by atoms with Crippen LogP contribution in [0.2, 0.25) is 0 Å². The highest BCUT2D eigenvalue weighted by molar-refractivity contribution is 7.91. The van der Waals surface area contributed by atoms with Gasteiger partial charge in [-0.1, -0.05) is 12.1 Å². The fourth-order valence-corrected chi connectivity index (χ4v) is 3.55. The van der Waals surface area contributed by atoms with Gasteiger partial charge in [0, 0.05) is 25.5 Å². The van der Waals surface area contributed by atoms with E-state index in [0.717, 1.165) is 0 Å². The van der Waals surface area contributed by atoms with Gasteiger partial charge in [0.1, 0.15) is 0 Å². The monoisotopic (exact) mass is 305 g/mol. The molecule has 1 saturated heterocycles. The maximum absolute atomic E-state index is 12.6. The van der Waals surface area contributed by atoms with Gasteiger partial charge in [-0.05, 0) is 18.2 Å². The molecule has 1 amide bonds. The van der Waals surface area contributed by atoms with E-state index < -0.39 is 9.84 Å². The third-order valence-electron chi connectivity index (χ3n) is 3.52. The van der Waals surface area contributed by atoms with Crippen LogP contribution in [0.3, 0.4) is 0 Å². The summed E-state index contributed by atoms with van der Waals surface area (Å²) in [6.07, 6.45) is 3.42. The van der Waals surface area contributed by atoms with Crippen LogP contribution in [0.15, 0.2) is 42.7 Å². The highest BCUT2D eigenvalue weighted by atomic mass is 32.2. The van der Waals surface area contributed by atoms with Crippen molar-refractivity contribution in [3.8, 4) is 5.69 Å². The van der Waals surface area contributed by atoms with Gasteiger partial charge in [-0.2, -0.15) is 5.10 Å². The molecule has 1 aliphatic rings. The molecule has 7 heteroatoms. The Morgan fingerprint density at radius 3 is 2.48 bits per heavy atom. The number of rotatable bonds is 2. The molecule has 2 heterocycles. The molecular formula is C14H15N3O3S. The average Bonchev–Trinajstić information content (AvgIpc) is 3.01. The summed E-state index contributed by atoms with van der Waals surface area (Å²) >= 11 is 0. The number of sulfone groups is 1. The van der Waals surface area contributed by atoms with Crippen LogP contribution >= 0.6 is 0 Å². The van der Waals surface area contributed by atoms with Crippen LogP contribution in [0.1, 0.15) is 10.4 Å². The third-order valence-corrected chi connectivity index (χ3v) is 5.13. The summed E-state index contributed by atoms with van der Waals surface area (Å²) in [6.45, 7) is 0.489. The summed E-state index contributed by atoms with van der Waals surface area (Å²) in [5, 5.41) is 4.15. The van der Waals surface area contributed by atoms with Crippen LogP contribution in [-0.2, 0) is 9.84 Å². The topological polar surface area (TPSA) is 72.3 Å². The standard InChI is InChI=1S/C14H15N3O3S/c18-14(16-8-10-21(19,20)11-9-16)12-4-1-2-5-13(12)17-7-3-6-15-17/h1-7H,8-11H2. The summed E-state index contributed by atoms with van der Waals surface area (Å²) in [4.78, 5) is 14.2. The third kappa shape index (κ3) is 2.82. The van der Waals surface area contributed by atoms with Crippen molar-refractivity contribution in [2.45, 2.75) is 0 Å². The van der Waals surface area contributed by atoms with E-state index in [2.05, 4.69) is 5.10 Å². The van der Waals surface area contributed by atoms with Crippen molar-refractivity contribution in [3.05, 3.63) is 48.3 Å². The Morgan fingerprint density at radius 2 is 1.81 bits per heavy atom. The zero-order chi connectivity index (χ0) is 14.9. The molecule has 0 aliphatic carbocycles. The molecule has 0 saturated carbocycles. The smallest absolute Gasteiger partial charge is 0.256 e. The molecule has 1 aromatic heterocycles. The van der Waals surface area contributed by atoms with Crippen LogP contribution in [0.4, 0.5) is 0 Å². The zero-order valence-corrected chi connectivity index (χ0v) is 12.2. The molecule has 110 valence electrons. The number of benzene rings is 1. The lowest BCUT2D eigenvalue weighted by Crippen LogP contribution is -2.44. The molecule has 21 heavy (non-hydrogen) atoms. The second kappa shape index (κ2) is 5.33. The van der Waals surface area contributed by atoms with Gasteiger partial charge in [0.25, 0.3) is 5.91 Å². The van der Waals surface area contributed by atoms with Gasteiger partial charge in [-0.15, -0.1) is 0 Å². The van der Waals surface area contributed by atoms with Crippen LogP contribution in [0.5, 0.6) is 0 Å². The molecule has 1 aliphatic heterocycles. The van der Waals surface area contributed by atoms with Gasteiger partial charge < -0.3 is 4.90 Å². The molecule has 0 N–H and O–H groups in total. The molecule has 6 nitrogen and oxygen atoms in total. The van der Waals surface area contributed by atoms with E-state index in [1.54, 1.807) is 40.2 Å². The Bertz CT molecular complexity index is 740. The molecule has 0 atom stereocenters. The minimum Gasteiger partial charge on any atom is -0.337 e. The van der Waals surface area contributed by atoms with Gasteiger partial charge >= 0.3 is 0 Å². The van der Waals surface area contributed by atoms with Gasteiger partial charge in [0.15, 0.2) is 9.84 Å². The highest BCUT2D eigenvalue weighted by Gasteiger charge is 2.27. The van der Waals surface area contributed by atoms with E-state index in [0.29, 0.717) is 11.3 Å². The van der Waals surface area contributed by atoms with Crippen molar-refractivity contribution in [2.24, 2.45) is 0 Å². The summed E-state index contributed by atoms with van der Waals surface area (Å²) < 4.78 is 24.5. The molecule has 0 radical (unpaired) electrons. The van der Waals surface area contributed by atoms with Crippen molar-refractivity contribution >= 4 is 15.7 Å². The van der Waals surface area contributed by atoms with Crippen molar-refractivity contribution in [1.29, 1.82) is 0 Å². The Hall–Kier alpha value is -2.15. The fourth-order valence-electron chi connectivity index (χ4n) is 2.35. The summed E-state index contributed by atoms with van der Waals surface area (Å²) in [5.74, 6) is -0.0956. The van der Waals surface area contributed by atoms with Crippen molar-refractivity contribution in [2.75, 3.05) is 24.6 Å². The SMILES string of the molecule is O=C(c1ccccc1-n1cccn1)N1CCS(=O)(=O)CC1. The number of para-hydroxylation sites is 1. The first-order valence-electron chi connectivity index (χ1n) is 6.65. The van der Waals surface area contributed by atoms with Gasteiger partial charge in [0.2, 0.25) is 0 Å². The predicted octanol–water partition coefficient (Wildman–Crippen LogP) is 0.743. The maximum Gasteiger partial charge on any atom is 0.256 e. The molecule has 1 aromatic carbocycles. The maximum atomic E-state index is 12.6. The van der Waals surface area contributed by atoms with Crippen LogP contribution in [0.25, 0.3) is 5.69 Å². The Kier molecular flexibility index (Phi) is 3.50. The highest BCUT2D eigenvalue weighted by Crippen LogP contribution is 2.17. The van der Waals surface area contributed by atoms with E-state index in [9.17, 15) is 13.2 Å². The van der Waals surface area contributed by atoms with Crippen LogP contribution in [-0.4, -0.2) is 53.6 Å². The first kappa shape index (κ1) is 13.8. The zero-order valence-electron chi connectivity index (χ0n) is 11.3. The van der Waals surface area contributed by atoms with Gasteiger partial charge in [0.05, 0.1) is 22.8 Å². The van der Waals surface area contributed by atoms with E-state index in [1.807, 2.05) is 12.1 Å². The first-order valence-corrected chi connectivity index (χ1v) is 8.48. The lowest BCUT2D eigenvalue weighted by molar-refractivity contribution is 0.0770. The van der Waals surface area contributed by atoms with E-state index in [1.165, 1.54) is 0 Å². The summed E-state index contributed by atoms with van der Waals surface area (Å²) in [5.41, 5.74) is 1.22. The second-order valence-electron chi connectivity index (χ2n) is 4.91. The quantitative estimate of drug-likeness (QED) is 0.820. The Labute approximate surface area is 122 Å². The number of hydrogen-bond donors (Lipinski definition) is 0. The number of carbonyl (C=O) groups excluding carboxylic acids is 1. The van der Waals surface area contributed by atoms with E-state index >= 15 is 0 Å². The minimum atomic E-state index is -3.00. The number of carbonyl (C=O) groups is 1. The first-order chi connectivity index (χ1) is 10.1. The van der Waals surface area contributed by atoms with E-state index in [-0.39, 0.29) is 30.5 Å². The average molecular weight is 305 g/mol. The molecule has 0 spiro atoms. The number of hydrogen-bond acceptors (Lipinski definition) is 4. The predicted molar refractivity (Wildman–Crippen MR) is 78.1 cm³/mol. The molecule has 1 fully saturated rings. The lowest BCUT2D eigenvalue weighted by Gasteiger charge is -2.27. The number of nitrogens with zero attached hydrogens (tertiary/aromatic N) is 3.